The van der Waals surface area contributed by atoms with Crippen molar-refractivity contribution in [2.24, 2.45) is 17.0 Å². The highest BCUT2D eigenvalue weighted by Gasteiger charge is 2.38. The van der Waals surface area contributed by atoms with Crippen LogP contribution in [0, 0.1) is 11.8 Å². The van der Waals surface area contributed by atoms with E-state index in [4.69, 9.17) is 10.3 Å². The molecule has 2 aliphatic rings. The molecule has 0 radical (unpaired) electrons. The fourth-order valence-corrected chi connectivity index (χ4v) is 2.08. The molecule has 0 aromatic heterocycles. The first-order chi connectivity index (χ1) is 6.81. The van der Waals surface area contributed by atoms with E-state index in [1.165, 1.54) is 0 Å². The third-order valence-electron chi connectivity index (χ3n) is 2.86. The zero-order valence-corrected chi connectivity index (χ0v) is 7.80. The summed E-state index contributed by atoms with van der Waals surface area (Å²) in [5, 5.41) is 3.27. The van der Waals surface area contributed by atoms with Crippen molar-refractivity contribution in [1.82, 2.24) is 4.90 Å². The normalized spacial score (nSPS) is 29.9. The molecule has 2 saturated heterocycles. The molecule has 6 nitrogen and oxygen atoms in total. The van der Waals surface area contributed by atoms with Crippen LogP contribution in [0.3, 0.4) is 0 Å². The minimum atomic E-state index is -0.0720. The summed E-state index contributed by atoms with van der Waals surface area (Å²) in [6.45, 7) is 2.97. The van der Waals surface area contributed by atoms with E-state index >= 15 is 0 Å². The molecule has 76 valence electrons. The number of carbonyl (C=O) groups excluding carboxylic acids is 1. The van der Waals surface area contributed by atoms with Gasteiger partial charge in [-0.15, -0.1) is 0 Å². The van der Waals surface area contributed by atoms with Crippen LogP contribution >= 0.6 is 0 Å². The summed E-state index contributed by atoms with van der Waals surface area (Å²) in [5.74, 6) is 0.909. The van der Waals surface area contributed by atoms with E-state index in [2.05, 4.69) is 10.0 Å². The van der Waals surface area contributed by atoms with Crippen molar-refractivity contribution in [2.75, 3.05) is 32.8 Å². The molecule has 6 heteroatoms. The van der Waals surface area contributed by atoms with E-state index in [0.717, 1.165) is 26.3 Å². The van der Waals surface area contributed by atoms with Crippen LogP contribution in [0.4, 0.5) is 0 Å². The Kier molecular flexibility index (Phi) is 2.56. The van der Waals surface area contributed by atoms with Crippen LogP contribution in [-0.2, 0) is 9.53 Å². The van der Waals surface area contributed by atoms with Gasteiger partial charge in [-0.1, -0.05) is 5.11 Å². The van der Waals surface area contributed by atoms with Crippen molar-refractivity contribution in [3.05, 3.63) is 10.4 Å². The summed E-state index contributed by atoms with van der Waals surface area (Å²) in [6.07, 6.45) is 0. The number of hydrogen-bond acceptors (Lipinski definition) is 3. The van der Waals surface area contributed by atoms with Gasteiger partial charge in [0.15, 0.2) is 0 Å². The predicted octanol–water partition coefficient (Wildman–Crippen LogP) is 0.401. The topological polar surface area (TPSA) is 78.3 Å². The smallest absolute Gasteiger partial charge is 0.228 e. The Labute approximate surface area is 81.5 Å². The summed E-state index contributed by atoms with van der Waals surface area (Å²) < 4.78 is 5.30. The molecule has 0 aromatic rings. The highest BCUT2D eigenvalue weighted by molar-refractivity contribution is 5.78. The lowest BCUT2D eigenvalue weighted by molar-refractivity contribution is -0.129. The van der Waals surface area contributed by atoms with E-state index < -0.39 is 0 Å². The molecule has 2 atom stereocenters. The fourth-order valence-electron chi connectivity index (χ4n) is 2.08. The van der Waals surface area contributed by atoms with Gasteiger partial charge in [0.2, 0.25) is 5.91 Å². The van der Waals surface area contributed by atoms with Crippen molar-refractivity contribution in [3.63, 3.8) is 0 Å². The number of amides is 1. The molecular weight excluding hydrogens is 184 g/mol. The molecule has 0 aliphatic carbocycles. The average molecular weight is 196 g/mol. The van der Waals surface area contributed by atoms with Gasteiger partial charge in [0.05, 0.1) is 13.2 Å². The van der Waals surface area contributed by atoms with E-state index in [-0.39, 0.29) is 12.5 Å². The number of rotatable bonds is 2. The third-order valence-corrected chi connectivity index (χ3v) is 2.86. The third kappa shape index (κ3) is 1.66. The molecule has 0 N–H and O–H groups in total. The molecule has 2 fully saturated rings. The zero-order chi connectivity index (χ0) is 9.97. The molecule has 0 spiro atoms. The highest BCUT2D eigenvalue weighted by Crippen LogP contribution is 2.28. The highest BCUT2D eigenvalue weighted by atomic mass is 16.5. The SMILES string of the molecule is [N-]=[N+]=NCC(=O)N1CC2COCC2C1. The summed E-state index contributed by atoms with van der Waals surface area (Å²) in [5.41, 5.74) is 8.09. The summed E-state index contributed by atoms with van der Waals surface area (Å²) in [7, 11) is 0. The Balaban J connectivity index is 1.89. The molecule has 2 heterocycles. The molecule has 2 rings (SSSR count). The number of azide groups is 1. The van der Waals surface area contributed by atoms with Crippen LogP contribution in [0.25, 0.3) is 10.4 Å². The molecular formula is C8H12N4O2. The number of hydrogen-bond donors (Lipinski definition) is 0. The molecule has 0 aromatic carbocycles. The van der Waals surface area contributed by atoms with Gasteiger partial charge in [-0.25, -0.2) is 0 Å². The van der Waals surface area contributed by atoms with E-state index in [1.807, 2.05) is 0 Å². The Bertz CT molecular complexity index is 275. The Morgan fingerprint density at radius 1 is 1.50 bits per heavy atom. The average Bonchev–Trinajstić information content (AvgIpc) is 2.72. The van der Waals surface area contributed by atoms with Gasteiger partial charge in [0.1, 0.15) is 6.54 Å². The van der Waals surface area contributed by atoms with Gasteiger partial charge >= 0.3 is 0 Å². The van der Waals surface area contributed by atoms with Crippen molar-refractivity contribution in [3.8, 4) is 0 Å². The van der Waals surface area contributed by atoms with Crippen molar-refractivity contribution < 1.29 is 9.53 Å². The van der Waals surface area contributed by atoms with Gasteiger partial charge in [-0.3, -0.25) is 4.79 Å². The molecule has 2 unspecified atom stereocenters. The number of fused-ring (bicyclic) bond motifs is 1. The van der Waals surface area contributed by atoms with Gasteiger partial charge in [0, 0.05) is 29.8 Å². The summed E-state index contributed by atoms with van der Waals surface area (Å²) in [4.78, 5) is 15.8. The Morgan fingerprint density at radius 3 is 2.71 bits per heavy atom. The van der Waals surface area contributed by atoms with E-state index in [1.54, 1.807) is 4.90 Å². The van der Waals surface area contributed by atoms with E-state index in [9.17, 15) is 4.79 Å². The molecule has 0 saturated carbocycles. The predicted molar refractivity (Wildman–Crippen MR) is 48.4 cm³/mol. The first-order valence-electron chi connectivity index (χ1n) is 4.67. The lowest BCUT2D eigenvalue weighted by Gasteiger charge is -2.15. The quantitative estimate of drug-likeness (QED) is 0.364. The van der Waals surface area contributed by atoms with Crippen LogP contribution < -0.4 is 0 Å². The summed E-state index contributed by atoms with van der Waals surface area (Å²) >= 11 is 0. The minimum Gasteiger partial charge on any atom is -0.381 e. The van der Waals surface area contributed by atoms with Crippen molar-refractivity contribution in [2.45, 2.75) is 0 Å². The van der Waals surface area contributed by atoms with Gasteiger partial charge in [-0.05, 0) is 5.53 Å². The Hall–Kier alpha value is -1.26. The van der Waals surface area contributed by atoms with E-state index in [0.29, 0.717) is 11.8 Å². The van der Waals surface area contributed by atoms with Crippen molar-refractivity contribution in [1.29, 1.82) is 0 Å². The van der Waals surface area contributed by atoms with Crippen LogP contribution in [0.2, 0.25) is 0 Å². The lowest BCUT2D eigenvalue weighted by atomic mass is 10.0. The maximum Gasteiger partial charge on any atom is 0.228 e. The summed E-state index contributed by atoms with van der Waals surface area (Å²) in [6, 6.07) is 0. The second-order valence-electron chi connectivity index (χ2n) is 3.75. The molecule has 1 amide bonds. The number of nitrogens with zero attached hydrogens (tertiary/aromatic N) is 4. The van der Waals surface area contributed by atoms with Gasteiger partial charge in [0.25, 0.3) is 0 Å². The first-order valence-corrected chi connectivity index (χ1v) is 4.67. The largest absolute Gasteiger partial charge is 0.381 e. The lowest BCUT2D eigenvalue weighted by Crippen LogP contribution is -2.31. The van der Waals surface area contributed by atoms with Crippen LogP contribution in [0.5, 0.6) is 0 Å². The minimum absolute atomic E-state index is 0.0587. The van der Waals surface area contributed by atoms with Crippen LogP contribution in [-0.4, -0.2) is 43.7 Å². The Morgan fingerprint density at radius 2 is 2.14 bits per heavy atom. The molecule has 14 heavy (non-hydrogen) atoms. The maximum atomic E-state index is 11.5. The number of ether oxygens (including phenoxy) is 1. The zero-order valence-electron chi connectivity index (χ0n) is 7.80. The molecule has 2 aliphatic heterocycles. The monoisotopic (exact) mass is 196 g/mol. The second kappa shape index (κ2) is 3.86. The number of likely N-dealkylation sites (tertiary alicyclic amines) is 1. The van der Waals surface area contributed by atoms with Crippen LogP contribution in [0.15, 0.2) is 5.11 Å². The maximum absolute atomic E-state index is 11.5. The van der Waals surface area contributed by atoms with Gasteiger partial charge in [-0.2, -0.15) is 0 Å². The fraction of sp³-hybridized carbons (Fsp3) is 0.875. The first kappa shape index (κ1) is 9.30. The molecule has 0 bridgehead atoms. The second-order valence-corrected chi connectivity index (χ2v) is 3.75. The standard InChI is InChI=1S/C8H12N4O2/c9-11-10-1-8(13)12-2-6-4-14-5-7(6)3-12/h6-7H,1-5H2. The van der Waals surface area contributed by atoms with Crippen LogP contribution in [0.1, 0.15) is 0 Å². The number of carbonyl (C=O) groups is 1. The van der Waals surface area contributed by atoms with Gasteiger partial charge < -0.3 is 9.64 Å². The van der Waals surface area contributed by atoms with Crippen molar-refractivity contribution >= 4 is 5.91 Å².